The molecular weight excluding hydrogens is 254 g/mol. The van der Waals surface area contributed by atoms with Crippen LogP contribution in [0.3, 0.4) is 0 Å². The van der Waals surface area contributed by atoms with Crippen LogP contribution in [0.2, 0.25) is 0 Å². The number of aromatic nitrogens is 2. The molecule has 0 bridgehead atoms. The number of nitrogens with zero attached hydrogens (tertiary/aromatic N) is 3. The van der Waals surface area contributed by atoms with E-state index < -0.39 is 0 Å². The lowest BCUT2D eigenvalue weighted by Crippen LogP contribution is -2.35. The highest BCUT2D eigenvalue weighted by Crippen LogP contribution is 2.15. The van der Waals surface area contributed by atoms with E-state index in [1.807, 2.05) is 0 Å². The van der Waals surface area contributed by atoms with Gasteiger partial charge in [-0.15, -0.1) is 0 Å². The molecule has 2 heterocycles. The van der Waals surface area contributed by atoms with Gasteiger partial charge in [-0.25, -0.2) is 9.97 Å². The normalized spacial score (nSPS) is 17.1. The summed E-state index contributed by atoms with van der Waals surface area (Å²) in [4.78, 5) is 22.1. The third kappa shape index (κ3) is 4.16. The Labute approximate surface area is 119 Å². The second-order valence-electron chi connectivity index (χ2n) is 5.42. The molecule has 0 unspecified atom stereocenters. The number of nitrogen functional groups attached to an aromatic ring is 1. The first-order chi connectivity index (χ1) is 9.66. The summed E-state index contributed by atoms with van der Waals surface area (Å²) in [5, 5.41) is 2.84. The van der Waals surface area contributed by atoms with Crippen LogP contribution in [0.1, 0.15) is 36.7 Å². The molecule has 1 aromatic rings. The Kier molecular flexibility index (Phi) is 5.29. The number of nitrogens with one attached hydrogen (secondary N) is 1. The number of carbonyl (C=O) groups excluding carboxylic acids is 1. The molecule has 2 rings (SSSR count). The molecule has 1 saturated heterocycles. The zero-order valence-electron chi connectivity index (χ0n) is 12.0. The van der Waals surface area contributed by atoms with Gasteiger partial charge in [-0.1, -0.05) is 6.92 Å². The van der Waals surface area contributed by atoms with E-state index in [-0.39, 0.29) is 17.4 Å². The average molecular weight is 277 g/mol. The molecule has 0 spiro atoms. The van der Waals surface area contributed by atoms with Crippen molar-refractivity contribution in [3.63, 3.8) is 0 Å². The van der Waals surface area contributed by atoms with Crippen molar-refractivity contribution in [3.05, 3.63) is 18.1 Å². The maximum absolute atomic E-state index is 11.9. The standard InChI is InChI=1S/C14H23N5O/c1-11-3-9-19(10-4-11)8-2-5-18-14(20)12-13(15)17-7-6-16-12/h6-7,11H,2-5,8-10H2,1H3,(H2,15,17)(H,18,20). The molecule has 110 valence electrons. The van der Waals surface area contributed by atoms with Gasteiger partial charge >= 0.3 is 0 Å². The molecule has 1 aliphatic heterocycles. The van der Waals surface area contributed by atoms with Crippen molar-refractivity contribution in [3.8, 4) is 0 Å². The van der Waals surface area contributed by atoms with Crippen molar-refractivity contribution < 1.29 is 4.79 Å². The number of nitrogens with two attached hydrogens (primary N) is 1. The number of carbonyl (C=O) groups is 1. The summed E-state index contributed by atoms with van der Waals surface area (Å²) >= 11 is 0. The van der Waals surface area contributed by atoms with Crippen LogP contribution in [-0.2, 0) is 0 Å². The van der Waals surface area contributed by atoms with Crippen molar-refractivity contribution in [2.45, 2.75) is 26.2 Å². The molecule has 1 aliphatic rings. The molecule has 1 amide bonds. The number of anilines is 1. The molecule has 20 heavy (non-hydrogen) atoms. The first-order valence-corrected chi connectivity index (χ1v) is 7.24. The molecule has 3 N–H and O–H groups in total. The summed E-state index contributed by atoms with van der Waals surface area (Å²) in [5.41, 5.74) is 5.82. The van der Waals surface area contributed by atoms with Gasteiger partial charge in [0.05, 0.1) is 0 Å². The lowest BCUT2D eigenvalue weighted by Gasteiger charge is -2.30. The molecule has 1 aromatic heterocycles. The molecule has 6 nitrogen and oxygen atoms in total. The van der Waals surface area contributed by atoms with Gasteiger partial charge in [-0.2, -0.15) is 0 Å². The van der Waals surface area contributed by atoms with Gasteiger partial charge in [0.1, 0.15) is 0 Å². The van der Waals surface area contributed by atoms with Crippen LogP contribution in [0.5, 0.6) is 0 Å². The molecule has 6 heteroatoms. The zero-order valence-corrected chi connectivity index (χ0v) is 12.0. The van der Waals surface area contributed by atoms with Crippen molar-refractivity contribution in [2.24, 2.45) is 5.92 Å². The van der Waals surface area contributed by atoms with Crippen LogP contribution in [0.25, 0.3) is 0 Å². The first kappa shape index (κ1) is 14.7. The SMILES string of the molecule is CC1CCN(CCCNC(=O)c2nccnc2N)CC1. The largest absolute Gasteiger partial charge is 0.382 e. The topological polar surface area (TPSA) is 84.1 Å². The maximum atomic E-state index is 11.9. The van der Waals surface area contributed by atoms with E-state index in [9.17, 15) is 4.79 Å². The summed E-state index contributed by atoms with van der Waals surface area (Å²) in [5.74, 6) is 0.781. The Morgan fingerprint density at radius 3 is 2.80 bits per heavy atom. The number of likely N-dealkylation sites (tertiary alicyclic amines) is 1. The number of piperidine rings is 1. The minimum Gasteiger partial charge on any atom is -0.382 e. The van der Waals surface area contributed by atoms with Crippen molar-refractivity contribution >= 4 is 11.7 Å². The molecule has 0 atom stereocenters. The second kappa shape index (κ2) is 7.19. The lowest BCUT2D eigenvalue weighted by atomic mass is 9.99. The predicted octanol–water partition coefficient (Wildman–Crippen LogP) is 0.911. The Morgan fingerprint density at radius 2 is 2.10 bits per heavy atom. The van der Waals surface area contributed by atoms with E-state index in [0.29, 0.717) is 6.54 Å². The third-order valence-electron chi connectivity index (χ3n) is 3.75. The molecular formula is C14H23N5O. The molecule has 0 radical (unpaired) electrons. The Morgan fingerprint density at radius 1 is 1.40 bits per heavy atom. The Hall–Kier alpha value is -1.69. The van der Waals surface area contributed by atoms with Gasteiger partial charge in [0.2, 0.25) is 0 Å². The van der Waals surface area contributed by atoms with Crippen LogP contribution in [0.4, 0.5) is 5.82 Å². The van der Waals surface area contributed by atoms with Crippen LogP contribution in [-0.4, -0.2) is 47.0 Å². The van der Waals surface area contributed by atoms with E-state index in [0.717, 1.165) is 18.9 Å². The van der Waals surface area contributed by atoms with Crippen molar-refractivity contribution in [2.75, 3.05) is 31.9 Å². The van der Waals surface area contributed by atoms with Crippen molar-refractivity contribution in [1.29, 1.82) is 0 Å². The van der Waals surface area contributed by atoms with Crippen molar-refractivity contribution in [1.82, 2.24) is 20.2 Å². The van der Waals surface area contributed by atoms with E-state index in [1.165, 1.54) is 38.3 Å². The van der Waals surface area contributed by atoms with E-state index in [1.54, 1.807) is 0 Å². The fraction of sp³-hybridized carbons (Fsp3) is 0.643. The smallest absolute Gasteiger partial charge is 0.273 e. The Bertz CT molecular complexity index is 443. The van der Waals surface area contributed by atoms with Crippen LogP contribution in [0, 0.1) is 5.92 Å². The molecule has 0 aromatic carbocycles. The maximum Gasteiger partial charge on any atom is 0.273 e. The number of hydrogen-bond acceptors (Lipinski definition) is 5. The lowest BCUT2D eigenvalue weighted by molar-refractivity contribution is 0.0946. The summed E-state index contributed by atoms with van der Waals surface area (Å²) < 4.78 is 0. The van der Waals surface area contributed by atoms with Gasteiger partial charge in [0, 0.05) is 18.9 Å². The third-order valence-corrected chi connectivity index (χ3v) is 3.75. The number of rotatable bonds is 5. The van der Waals surface area contributed by atoms with Gasteiger partial charge < -0.3 is 16.0 Å². The number of hydrogen-bond donors (Lipinski definition) is 2. The van der Waals surface area contributed by atoms with Crippen LogP contribution < -0.4 is 11.1 Å². The van der Waals surface area contributed by atoms with E-state index >= 15 is 0 Å². The fourth-order valence-corrected chi connectivity index (χ4v) is 2.40. The summed E-state index contributed by atoms with van der Waals surface area (Å²) in [7, 11) is 0. The monoisotopic (exact) mass is 277 g/mol. The quantitative estimate of drug-likeness (QED) is 0.782. The fourth-order valence-electron chi connectivity index (χ4n) is 2.40. The number of amides is 1. The second-order valence-corrected chi connectivity index (χ2v) is 5.42. The summed E-state index contributed by atoms with van der Waals surface area (Å²) in [6.07, 6.45) is 6.45. The highest BCUT2D eigenvalue weighted by Gasteiger charge is 2.15. The van der Waals surface area contributed by atoms with E-state index in [4.69, 9.17) is 5.73 Å². The van der Waals surface area contributed by atoms with Gasteiger partial charge in [0.15, 0.2) is 11.5 Å². The van der Waals surface area contributed by atoms with Gasteiger partial charge in [-0.05, 0) is 44.8 Å². The van der Waals surface area contributed by atoms with Crippen LogP contribution >= 0.6 is 0 Å². The molecule has 1 fully saturated rings. The predicted molar refractivity (Wildman–Crippen MR) is 78.2 cm³/mol. The van der Waals surface area contributed by atoms with Crippen LogP contribution in [0.15, 0.2) is 12.4 Å². The van der Waals surface area contributed by atoms with Gasteiger partial charge in [-0.3, -0.25) is 4.79 Å². The van der Waals surface area contributed by atoms with E-state index in [2.05, 4.69) is 27.1 Å². The minimum atomic E-state index is -0.247. The summed E-state index contributed by atoms with van der Waals surface area (Å²) in [6, 6.07) is 0. The highest BCUT2D eigenvalue weighted by molar-refractivity contribution is 5.96. The van der Waals surface area contributed by atoms with Gasteiger partial charge in [0.25, 0.3) is 5.91 Å². The minimum absolute atomic E-state index is 0.176. The first-order valence-electron chi connectivity index (χ1n) is 7.24. The highest BCUT2D eigenvalue weighted by atomic mass is 16.1. The Balaban J connectivity index is 1.66. The zero-order chi connectivity index (χ0) is 14.4. The molecule has 0 aliphatic carbocycles. The average Bonchev–Trinajstić information content (AvgIpc) is 2.46. The molecule has 0 saturated carbocycles. The summed E-state index contributed by atoms with van der Waals surface area (Å²) in [6.45, 7) is 6.32.